The summed E-state index contributed by atoms with van der Waals surface area (Å²) in [5.74, 6) is -1.04. The molecule has 6 heteroatoms. The van der Waals surface area contributed by atoms with Crippen LogP contribution in [0.2, 0.25) is 5.15 Å². The standard InChI is InChI=1S/C12H15ClN2O3/c13-11-5-10(9(6-14-11)12(17)18)15-7-2-1-3-8(16)4-7/h5-8,16H,1-4H2,(H,14,15)(H,17,18)/t7?,8-/m0/s1. The number of halogens is 1. The highest BCUT2D eigenvalue weighted by atomic mass is 35.5. The number of aromatic nitrogens is 1. The number of hydrogen-bond acceptors (Lipinski definition) is 4. The number of aliphatic hydroxyl groups is 1. The fourth-order valence-corrected chi connectivity index (χ4v) is 2.39. The molecule has 3 N–H and O–H groups in total. The monoisotopic (exact) mass is 270 g/mol. The van der Waals surface area contributed by atoms with Gasteiger partial charge in [-0.15, -0.1) is 0 Å². The van der Waals surface area contributed by atoms with E-state index in [-0.39, 0.29) is 22.9 Å². The van der Waals surface area contributed by atoms with E-state index in [0.29, 0.717) is 12.1 Å². The van der Waals surface area contributed by atoms with Gasteiger partial charge in [-0.2, -0.15) is 0 Å². The van der Waals surface area contributed by atoms with Crippen LogP contribution in [0, 0.1) is 0 Å². The minimum absolute atomic E-state index is 0.0744. The molecular weight excluding hydrogens is 256 g/mol. The Morgan fingerprint density at radius 2 is 2.28 bits per heavy atom. The van der Waals surface area contributed by atoms with Crippen molar-refractivity contribution in [2.45, 2.75) is 37.8 Å². The van der Waals surface area contributed by atoms with Crippen LogP contribution in [0.4, 0.5) is 5.69 Å². The van der Waals surface area contributed by atoms with E-state index in [9.17, 15) is 9.90 Å². The van der Waals surface area contributed by atoms with Crippen LogP contribution in [0.25, 0.3) is 0 Å². The van der Waals surface area contributed by atoms with Gasteiger partial charge >= 0.3 is 5.97 Å². The maximum Gasteiger partial charge on any atom is 0.339 e. The maximum atomic E-state index is 11.1. The third-order valence-corrected chi connectivity index (χ3v) is 3.31. The quantitative estimate of drug-likeness (QED) is 0.733. The number of aliphatic hydroxyl groups excluding tert-OH is 1. The number of nitrogens with one attached hydrogen (secondary N) is 1. The molecule has 1 aliphatic carbocycles. The van der Waals surface area contributed by atoms with Crippen molar-refractivity contribution in [3.63, 3.8) is 0 Å². The molecule has 1 unspecified atom stereocenters. The topological polar surface area (TPSA) is 82.5 Å². The molecule has 1 fully saturated rings. The number of anilines is 1. The van der Waals surface area contributed by atoms with Gasteiger partial charge in [-0.3, -0.25) is 0 Å². The zero-order valence-electron chi connectivity index (χ0n) is 9.77. The lowest BCUT2D eigenvalue weighted by Gasteiger charge is -2.27. The number of pyridine rings is 1. The van der Waals surface area contributed by atoms with Crippen molar-refractivity contribution in [3.8, 4) is 0 Å². The molecule has 1 aromatic rings. The summed E-state index contributed by atoms with van der Waals surface area (Å²) in [5, 5.41) is 22.0. The first-order valence-corrected chi connectivity index (χ1v) is 6.27. The zero-order chi connectivity index (χ0) is 13.1. The maximum absolute atomic E-state index is 11.1. The zero-order valence-corrected chi connectivity index (χ0v) is 10.5. The van der Waals surface area contributed by atoms with Crippen molar-refractivity contribution in [2.75, 3.05) is 5.32 Å². The van der Waals surface area contributed by atoms with E-state index in [1.54, 1.807) is 0 Å². The van der Waals surface area contributed by atoms with E-state index in [4.69, 9.17) is 16.7 Å². The van der Waals surface area contributed by atoms with Crippen molar-refractivity contribution in [1.29, 1.82) is 0 Å². The molecule has 0 bridgehead atoms. The van der Waals surface area contributed by atoms with E-state index in [1.165, 1.54) is 12.3 Å². The summed E-state index contributed by atoms with van der Waals surface area (Å²) in [6.45, 7) is 0. The number of nitrogens with zero attached hydrogens (tertiary/aromatic N) is 1. The second-order valence-electron chi connectivity index (χ2n) is 4.52. The van der Waals surface area contributed by atoms with E-state index in [2.05, 4.69) is 10.3 Å². The Morgan fingerprint density at radius 3 is 2.94 bits per heavy atom. The highest BCUT2D eigenvalue weighted by Crippen LogP contribution is 2.25. The van der Waals surface area contributed by atoms with Crippen molar-refractivity contribution in [3.05, 3.63) is 23.0 Å². The minimum atomic E-state index is -1.04. The Hall–Kier alpha value is -1.33. The molecule has 98 valence electrons. The largest absolute Gasteiger partial charge is 0.478 e. The van der Waals surface area contributed by atoms with Crippen LogP contribution in [0.3, 0.4) is 0 Å². The van der Waals surface area contributed by atoms with Crippen LogP contribution in [0.15, 0.2) is 12.3 Å². The van der Waals surface area contributed by atoms with Crippen LogP contribution < -0.4 is 5.32 Å². The summed E-state index contributed by atoms with van der Waals surface area (Å²) in [6, 6.07) is 1.58. The lowest BCUT2D eigenvalue weighted by Crippen LogP contribution is -2.30. The minimum Gasteiger partial charge on any atom is -0.478 e. The van der Waals surface area contributed by atoms with Crippen LogP contribution >= 0.6 is 11.6 Å². The van der Waals surface area contributed by atoms with E-state index < -0.39 is 5.97 Å². The van der Waals surface area contributed by atoms with Gasteiger partial charge in [0.1, 0.15) is 10.7 Å². The van der Waals surface area contributed by atoms with Crippen LogP contribution in [0.5, 0.6) is 0 Å². The average molecular weight is 271 g/mol. The first kappa shape index (κ1) is 13.1. The van der Waals surface area contributed by atoms with Crippen LogP contribution in [-0.4, -0.2) is 33.3 Å². The summed E-state index contributed by atoms with van der Waals surface area (Å²) >= 11 is 5.77. The molecule has 1 aliphatic rings. The molecule has 1 saturated carbocycles. The van der Waals surface area contributed by atoms with Gasteiger partial charge in [0, 0.05) is 12.2 Å². The summed E-state index contributed by atoms with van der Waals surface area (Å²) < 4.78 is 0. The molecule has 2 atom stereocenters. The number of carboxylic acid groups (broad SMARTS) is 1. The van der Waals surface area contributed by atoms with Crippen molar-refractivity contribution in [2.24, 2.45) is 0 Å². The molecule has 1 aromatic heterocycles. The summed E-state index contributed by atoms with van der Waals surface area (Å²) in [7, 11) is 0. The molecule has 2 rings (SSSR count). The fourth-order valence-electron chi connectivity index (χ4n) is 2.23. The Balaban J connectivity index is 2.16. The SMILES string of the molecule is O=C(O)c1cnc(Cl)cc1NC1CCC[C@H](O)C1. The molecule has 5 nitrogen and oxygen atoms in total. The molecular formula is C12H15ClN2O3. The van der Waals surface area contributed by atoms with Crippen molar-refractivity contribution >= 4 is 23.3 Å². The first-order valence-electron chi connectivity index (χ1n) is 5.89. The predicted octanol–water partition coefficient (Wildman–Crippen LogP) is 2.15. The Labute approximate surface area is 110 Å². The smallest absolute Gasteiger partial charge is 0.339 e. The highest BCUT2D eigenvalue weighted by molar-refractivity contribution is 6.29. The van der Waals surface area contributed by atoms with Crippen molar-refractivity contribution in [1.82, 2.24) is 4.98 Å². The predicted molar refractivity (Wildman–Crippen MR) is 68.1 cm³/mol. The van der Waals surface area contributed by atoms with Gasteiger partial charge in [-0.1, -0.05) is 11.6 Å². The molecule has 0 aliphatic heterocycles. The second kappa shape index (κ2) is 5.54. The van der Waals surface area contributed by atoms with Crippen LogP contribution in [-0.2, 0) is 0 Å². The molecule has 0 spiro atoms. The molecule has 0 radical (unpaired) electrons. The molecule has 1 heterocycles. The first-order chi connectivity index (χ1) is 8.56. The van der Waals surface area contributed by atoms with Gasteiger partial charge in [0.25, 0.3) is 0 Å². The van der Waals surface area contributed by atoms with Gasteiger partial charge < -0.3 is 15.5 Å². The third kappa shape index (κ3) is 3.11. The Bertz CT molecular complexity index is 453. The lowest BCUT2D eigenvalue weighted by molar-refractivity contribution is 0.0697. The van der Waals surface area contributed by atoms with E-state index in [0.717, 1.165) is 19.3 Å². The van der Waals surface area contributed by atoms with Crippen molar-refractivity contribution < 1.29 is 15.0 Å². The van der Waals surface area contributed by atoms with Gasteiger partial charge in [0.2, 0.25) is 0 Å². The van der Waals surface area contributed by atoms with Crippen LogP contribution in [0.1, 0.15) is 36.0 Å². The second-order valence-corrected chi connectivity index (χ2v) is 4.91. The van der Waals surface area contributed by atoms with Gasteiger partial charge in [-0.05, 0) is 31.7 Å². The number of hydrogen-bond donors (Lipinski definition) is 3. The number of carboxylic acids is 1. The number of aromatic carboxylic acids is 1. The lowest BCUT2D eigenvalue weighted by atomic mass is 9.93. The summed E-state index contributed by atoms with van der Waals surface area (Å²) in [4.78, 5) is 14.8. The Morgan fingerprint density at radius 1 is 1.50 bits per heavy atom. The molecule has 0 saturated heterocycles. The molecule has 0 amide bonds. The normalized spacial score (nSPS) is 23.7. The number of rotatable bonds is 3. The average Bonchev–Trinajstić information content (AvgIpc) is 2.28. The molecule has 0 aromatic carbocycles. The van der Waals surface area contributed by atoms with E-state index >= 15 is 0 Å². The summed E-state index contributed by atoms with van der Waals surface area (Å²) in [5.41, 5.74) is 0.557. The third-order valence-electron chi connectivity index (χ3n) is 3.11. The molecule has 18 heavy (non-hydrogen) atoms. The number of carbonyl (C=O) groups is 1. The van der Waals surface area contributed by atoms with Gasteiger partial charge in [-0.25, -0.2) is 9.78 Å². The summed E-state index contributed by atoms with van der Waals surface area (Å²) in [6.07, 6.45) is 4.20. The Kier molecular flexibility index (Phi) is 4.04. The highest BCUT2D eigenvalue weighted by Gasteiger charge is 2.22. The fraction of sp³-hybridized carbons (Fsp3) is 0.500. The van der Waals surface area contributed by atoms with Gasteiger partial charge in [0.15, 0.2) is 0 Å². The van der Waals surface area contributed by atoms with E-state index in [1.807, 2.05) is 0 Å². The van der Waals surface area contributed by atoms with Gasteiger partial charge in [0.05, 0.1) is 11.8 Å².